The number of hydrogen-bond donors (Lipinski definition) is 0. The highest BCUT2D eigenvalue weighted by molar-refractivity contribution is 6.16. The fraction of sp³-hybridized carbons (Fsp3) is 0.0339. The van der Waals surface area contributed by atoms with Crippen molar-refractivity contribution in [1.82, 2.24) is 9.55 Å². The molecule has 0 saturated carbocycles. The van der Waals surface area contributed by atoms with Crippen LogP contribution in [0, 0.1) is 0 Å². The molecule has 3 nitrogen and oxygen atoms in total. The Morgan fingerprint density at radius 2 is 0.984 bits per heavy atom. The van der Waals surface area contributed by atoms with Crippen LogP contribution in [0.25, 0.3) is 77.7 Å². The molecule has 0 radical (unpaired) electrons. The molecule has 0 amide bonds. The maximum Gasteiger partial charge on any atom is 0.0701 e. The first kappa shape index (κ1) is 37.0. The maximum atomic E-state index is 4.61. The number of hydrogen-bond acceptors (Lipinski definition) is 2. The monoisotopic (exact) mass is 793 g/mol. The number of aromatic nitrogens is 2. The molecule has 3 heteroatoms. The summed E-state index contributed by atoms with van der Waals surface area (Å²) >= 11 is 0. The maximum absolute atomic E-state index is 4.61. The highest BCUT2D eigenvalue weighted by atomic mass is 15.1. The molecule has 2 aromatic heterocycles. The molecule has 8 aromatic carbocycles. The summed E-state index contributed by atoms with van der Waals surface area (Å²) in [6.07, 6.45) is 10.9. The molecule has 0 N–H and O–H groups in total. The average Bonchev–Trinajstić information content (AvgIpc) is 3.69. The van der Waals surface area contributed by atoms with Gasteiger partial charge < -0.3 is 9.47 Å². The molecule has 1 aliphatic rings. The molecule has 1 aliphatic carbocycles. The van der Waals surface area contributed by atoms with E-state index < -0.39 is 0 Å². The van der Waals surface area contributed by atoms with Crippen molar-refractivity contribution >= 4 is 44.4 Å². The third-order valence-corrected chi connectivity index (χ3v) is 12.1. The predicted molar refractivity (Wildman–Crippen MR) is 261 cm³/mol. The van der Waals surface area contributed by atoms with Gasteiger partial charge in [0.25, 0.3) is 0 Å². The van der Waals surface area contributed by atoms with Gasteiger partial charge in [0, 0.05) is 50.8 Å². The van der Waals surface area contributed by atoms with Crippen molar-refractivity contribution in [3.8, 4) is 50.3 Å². The van der Waals surface area contributed by atoms with Gasteiger partial charge in [-0.05, 0) is 137 Å². The molecule has 0 unspecified atom stereocenters. The number of anilines is 3. The van der Waals surface area contributed by atoms with Crippen molar-refractivity contribution < 1.29 is 0 Å². The Morgan fingerprint density at radius 1 is 0.419 bits per heavy atom. The van der Waals surface area contributed by atoms with E-state index in [9.17, 15) is 0 Å². The van der Waals surface area contributed by atoms with Crippen LogP contribution in [0.1, 0.15) is 18.4 Å². The van der Waals surface area contributed by atoms with Gasteiger partial charge in [0.1, 0.15) is 0 Å². The van der Waals surface area contributed by atoms with Gasteiger partial charge in [-0.3, -0.25) is 4.98 Å². The number of fused-ring (bicyclic) bond motifs is 3. The Hall–Kier alpha value is -8.01. The first-order valence-corrected chi connectivity index (χ1v) is 21.4. The Balaban J connectivity index is 1.08. The molecule has 0 fully saturated rings. The summed E-state index contributed by atoms with van der Waals surface area (Å²) in [7, 11) is 0. The van der Waals surface area contributed by atoms with Gasteiger partial charge >= 0.3 is 0 Å². The Kier molecular flexibility index (Phi) is 9.68. The largest absolute Gasteiger partial charge is 0.311 e. The van der Waals surface area contributed by atoms with Crippen LogP contribution in [0.2, 0.25) is 0 Å². The minimum atomic E-state index is 0.959. The topological polar surface area (TPSA) is 21.1 Å². The molecule has 2 heterocycles. The van der Waals surface area contributed by atoms with Gasteiger partial charge in [0.2, 0.25) is 0 Å². The predicted octanol–water partition coefficient (Wildman–Crippen LogP) is 16.0. The minimum Gasteiger partial charge on any atom is -0.311 e. The normalized spacial score (nSPS) is 12.4. The van der Waals surface area contributed by atoms with Crippen LogP contribution in [0.4, 0.5) is 17.1 Å². The summed E-state index contributed by atoms with van der Waals surface area (Å²) in [5.41, 5.74) is 18.4. The van der Waals surface area contributed by atoms with Gasteiger partial charge in [-0.1, -0.05) is 146 Å². The highest BCUT2D eigenvalue weighted by Crippen LogP contribution is 2.43. The van der Waals surface area contributed by atoms with E-state index in [0.717, 1.165) is 46.8 Å². The van der Waals surface area contributed by atoms with Crippen molar-refractivity contribution in [1.29, 1.82) is 0 Å². The molecular formula is C59H43N3. The quantitative estimate of drug-likeness (QED) is 0.145. The Morgan fingerprint density at radius 3 is 1.60 bits per heavy atom. The van der Waals surface area contributed by atoms with E-state index in [1.807, 2.05) is 18.3 Å². The molecule has 294 valence electrons. The van der Waals surface area contributed by atoms with E-state index >= 15 is 0 Å². The number of pyridine rings is 1. The van der Waals surface area contributed by atoms with Crippen LogP contribution >= 0.6 is 0 Å². The van der Waals surface area contributed by atoms with E-state index in [0.29, 0.717) is 0 Å². The second kappa shape index (κ2) is 16.2. The number of rotatable bonds is 9. The second-order valence-corrected chi connectivity index (χ2v) is 15.9. The lowest BCUT2D eigenvalue weighted by atomic mass is 9.95. The summed E-state index contributed by atoms with van der Waals surface area (Å²) in [4.78, 5) is 6.96. The molecule has 11 rings (SSSR count). The summed E-state index contributed by atoms with van der Waals surface area (Å²) < 4.78 is 2.46. The van der Waals surface area contributed by atoms with Crippen LogP contribution in [0.3, 0.4) is 0 Å². The molecule has 10 aromatic rings. The van der Waals surface area contributed by atoms with Crippen molar-refractivity contribution in [2.45, 2.75) is 12.8 Å². The van der Waals surface area contributed by atoms with E-state index in [2.05, 4.69) is 233 Å². The zero-order valence-electron chi connectivity index (χ0n) is 34.3. The molecule has 62 heavy (non-hydrogen) atoms. The van der Waals surface area contributed by atoms with E-state index in [1.54, 1.807) is 0 Å². The van der Waals surface area contributed by atoms with Gasteiger partial charge in [-0.25, -0.2) is 0 Å². The van der Waals surface area contributed by atoms with Gasteiger partial charge in [-0.15, -0.1) is 0 Å². The molecule has 0 bridgehead atoms. The lowest BCUT2D eigenvalue weighted by Crippen LogP contribution is -2.10. The summed E-state index contributed by atoms with van der Waals surface area (Å²) in [5.74, 6) is 0. The summed E-state index contributed by atoms with van der Waals surface area (Å²) in [6, 6.07) is 76.8. The summed E-state index contributed by atoms with van der Waals surface area (Å²) in [5, 5.41) is 2.44. The highest BCUT2D eigenvalue weighted by Gasteiger charge is 2.21. The van der Waals surface area contributed by atoms with Crippen molar-refractivity contribution in [3.05, 3.63) is 242 Å². The number of benzene rings is 8. The van der Waals surface area contributed by atoms with Crippen LogP contribution < -0.4 is 4.90 Å². The van der Waals surface area contributed by atoms with Gasteiger partial charge in [0.05, 0.1) is 16.7 Å². The third-order valence-electron chi connectivity index (χ3n) is 12.1. The van der Waals surface area contributed by atoms with Crippen molar-refractivity contribution in [2.24, 2.45) is 0 Å². The lowest BCUT2D eigenvalue weighted by Gasteiger charge is -2.26. The minimum absolute atomic E-state index is 0.959. The first-order valence-electron chi connectivity index (χ1n) is 21.4. The van der Waals surface area contributed by atoms with E-state index in [1.165, 1.54) is 66.3 Å². The molecule has 0 saturated heterocycles. The lowest BCUT2D eigenvalue weighted by molar-refractivity contribution is 1.04. The van der Waals surface area contributed by atoms with Crippen LogP contribution in [0.15, 0.2) is 237 Å². The van der Waals surface area contributed by atoms with Gasteiger partial charge in [0.15, 0.2) is 0 Å². The van der Waals surface area contributed by atoms with Crippen LogP contribution in [0.5, 0.6) is 0 Å². The van der Waals surface area contributed by atoms with Crippen LogP contribution in [-0.2, 0) is 0 Å². The average molecular weight is 794 g/mol. The number of allylic oxidation sites excluding steroid dienone is 4. The Labute approximate surface area is 362 Å². The molecule has 0 spiro atoms. The SMILES string of the molecule is C1=CC(c2ccc(N(c3ccc(-c4ccccn4)cc3)c3ccc(-n4c5ccc(-c6ccccc6)cc5c5cc(-c6ccccc6)cc(-c6ccccc6)c54)cc3)cc2)=CCC1. The number of nitrogens with zero attached hydrogens (tertiary/aromatic N) is 3. The first-order chi connectivity index (χ1) is 30.7. The molecule has 0 aliphatic heterocycles. The van der Waals surface area contributed by atoms with E-state index in [4.69, 9.17) is 0 Å². The Bertz CT molecular complexity index is 3220. The van der Waals surface area contributed by atoms with E-state index in [-0.39, 0.29) is 0 Å². The fourth-order valence-electron chi connectivity index (χ4n) is 9.00. The third kappa shape index (κ3) is 7.00. The zero-order valence-corrected chi connectivity index (χ0v) is 34.3. The molecular weight excluding hydrogens is 751 g/mol. The second-order valence-electron chi connectivity index (χ2n) is 15.9. The smallest absolute Gasteiger partial charge is 0.0701 e. The zero-order chi connectivity index (χ0) is 41.2. The van der Waals surface area contributed by atoms with Crippen LogP contribution in [-0.4, -0.2) is 9.55 Å². The fourth-order valence-corrected chi connectivity index (χ4v) is 9.00. The van der Waals surface area contributed by atoms with Gasteiger partial charge in [-0.2, -0.15) is 0 Å². The van der Waals surface area contributed by atoms with Crippen molar-refractivity contribution in [2.75, 3.05) is 4.90 Å². The molecule has 0 atom stereocenters. The summed E-state index contributed by atoms with van der Waals surface area (Å²) in [6.45, 7) is 0. The van der Waals surface area contributed by atoms with Crippen molar-refractivity contribution in [3.63, 3.8) is 0 Å². The standard InChI is InChI=1S/C59H43N3/c1-5-15-42(16-6-1)45-24-29-50(30-25-45)61(51-31-26-47(27-32-51)57-23-13-14-38-60-57)52-33-35-53(36-34-52)62-58-37-28-48(43-17-7-2-8-18-43)39-55(58)56-41-49(44-19-9-3-10-20-44)40-54(59(56)62)46-21-11-4-12-22-46/h2-5,7-41H,1,6H2.